The van der Waals surface area contributed by atoms with Gasteiger partial charge in [-0.25, -0.2) is 0 Å². The SMILES string of the molecule is Cl.Cl.Cl.OC1CN(C2CCNC2)C1.OC1CN(C2CCNC2)C1. The molecule has 0 aromatic carbocycles. The van der Waals surface area contributed by atoms with Gasteiger partial charge in [0, 0.05) is 51.4 Å². The summed E-state index contributed by atoms with van der Waals surface area (Å²) in [5.74, 6) is 0. The number of likely N-dealkylation sites (tertiary alicyclic amines) is 2. The lowest BCUT2D eigenvalue weighted by Crippen LogP contribution is -2.55. The summed E-state index contributed by atoms with van der Waals surface area (Å²) >= 11 is 0. The van der Waals surface area contributed by atoms with Gasteiger partial charge in [0.15, 0.2) is 0 Å². The Morgan fingerprint density at radius 2 is 1.00 bits per heavy atom. The van der Waals surface area contributed by atoms with Crippen LogP contribution in [-0.2, 0) is 0 Å². The van der Waals surface area contributed by atoms with Gasteiger partial charge in [-0.3, -0.25) is 9.80 Å². The Bertz CT molecular complexity index is 276. The Labute approximate surface area is 157 Å². The topological polar surface area (TPSA) is 71.0 Å². The second kappa shape index (κ2) is 11.3. The summed E-state index contributed by atoms with van der Waals surface area (Å²) in [5.41, 5.74) is 0. The maximum atomic E-state index is 9.02. The summed E-state index contributed by atoms with van der Waals surface area (Å²) in [6.45, 7) is 8.12. The molecule has 23 heavy (non-hydrogen) atoms. The van der Waals surface area contributed by atoms with Crippen LogP contribution in [0.15, 0.2) is 0 Å². The van der Waals surface area contributed by atoms with Crippen LogP contribution in [0, 0.1) is 0 Å². The van der Waals surface area contributed by atoms with Crippen molar-refractivity contribution in [3.63, 3.8) is 0 Å². The van der Waals surface area contributed by atoms with E-state index in [9.17, 15) is 0 Å². The number of aliphatic hydroxyl groups is 2. The molecule has 0 saturated carbocycles. The standard InChI is InChI=1S/2C7H14N2O.3ClH/c2*10-7-4-9(5-7)6-1-2-8-3-6;;;/h2*6-8,10H,1-5H2;3*1H. The van der Waals surface area contributed by atoms with Crippen LogP contribution in [0.5, 0.6) is 0 Å². The second-order valence-corrected chi connectivity index (χ2v) is 6.51. The normalized spacial score (nSPS) is 31.6. The molecule has 0 bridgehead atoms. The first kappa shape index (κ1) is 23.6. The molecule has 0 aliphatic carbocycles. The molecule has 0 amide bonds. The monoisotopic (exact) mass is 392 g/mol. The summed E-state index contributed by atoms with van der Waals surface area (Å²) in [4.78, 5) is 4.70. The van der Waals surface area contributed by atoms with E-state index in [1.807, 2.05) is 0 Å². The lowest BCUT2D eigenvalue weighted by Gasteiger charge is -2.40. The van der Waals surface area contributed by atoms with Gasteiger partial charge in [-0.05, 0) is 25.9 Å². The first-order chi connectivity index (χ1) is 9.72. The van der Waals surface area contributed by atoms with Crippen LogP contribution in [0.1, 0.15) is 12.8 Å². The molecule has 4 N–H and O–H groups in total. The summed E-state index contributed by atoms with van der Waals surface area (Å²) in [6, 6.07) is 1.42. The predicted molar refractivity (Wildman–Crippen MR) is 99.5 cm³/mol. The summed E-state index contributed by atoms with van der Waals surface area (Å²) in [6.07, 6.45) is 2.43. The molecule has 0 aromatic heterocycles. The number of rotatable bonds is 2. The van der Waals surface area contributed by atoms with E-state index >= 15 is 0 Å². The minimum atomic E-state index is -0.0411. The van der Waals surface area contributed by atoms with Crippen molar-refractivity contribution < 1.29 is 10.2 Å². The van der Waals surface area contributed by atoms with Gasteiger partial charge in [0.1, 0.15) is 0 Å². The van der Waals surface area contributed by atoms with Crippen LogP contribution in [0.2, 0.25) is 0 Å². The van der Waals surface area contributed by atoms with Gasteiger partial charge in [0.25, 0.3) is 0 Å². The highest BCUT2D eigenvalue weighted by Crippen LogP contribution is 2.16. The Morgan fingerprint density at radius 3 is 1.22 bits per heavy atom. The molecule has 140 valence electrons. The van der Waals surface area contributed by atoms with Crippen LogP contribution in [0.25, 0.3) is 0 Å². The Hall–Kier alpha value is 0.630. The fourth-order valence-electron chi connectivity index (χ4n) is 3.47. The summed E-state index contributed by atoms with van der Waals surface area (Å²) < 4.78 is 0. The molecule has 9 heteroatoms. The van der Waals surface area contributed by atoms with Crippen molar-refractivity contribution in [1.82, 2.24) is 20.4 Å². The maximum absolute atomic E-state index is 9.02. The van der Waals surface area contributed by atoms with E-state index in [1.54, 1.807) is 0 Å². The molecule has 4 fully saturated rings. The van der Waals surface area contributed by atoms with Gasteiger partial charge >= 0.3 is 0 Å². The molecule has 0 radical (unpaired) electrons. The molecule has 2 unspecified atom stereocenters. The van der Waals surface area contributed by atoms with Gasteiger partial charge < -0.3 is 20.8 Å². The quantitative estimate of drug-likeness (QED) is 0.498. The molecule has 0 aromatic rings. The third kappa shape index (κ3) is 6.45. The van der Waals surface area contributed by atoms with Crippen molar-refractivity contribution in [2.24, 2.45) is 0 Å². The number of β-amino-alcohol motifs (C(OH)–C–C–N with tert-alkyl or cyclic N) is 2. The zero-order valence-corrected chi connectivity index (χ0v) is 15.8. The third-order valence-electron chi connectivity index (χ3n) is 4.88. The van der Waals surface area contributed by atoms with Gasteiger partial charge in [-0.2, -0.15) is 0 Å². The minimum Gasteiger partial charge on any atom is -0.390 e. The molecule has 6 nitrogen and oxygen atoms in total. The average molecular weight is 394 g/mol. The van der Waals surface area contributed by atoms with E-state index < -0.39 is 0 Å². The van der Waals surface area contributed by atoms with Crippen LogP contribution >= 0.6 is 37.2 Å². The number of aliphatic hydroxyl groups excluding tert-OH is 2. The number of nitrogens with one attached hydrogen (secondary N) is 2. The van der Waals surface area contributed by atoms with Crippen LogP contribution in [0.3, 0.4) is 0 Å². The van der Waals surface area contributed by atoms with Gasteiger partial charge in [0.2, 0.25) is 0 Å². The van der Waals surface area contributed by atoms with E-state index in [-0.39, 0.29) is 49.4 Å². The fourth-order valence-corrected chi connectivity index (χ4v) is 3.47. The Balaban J connectivity index is 0.000000372. The average Bonchev–Trinajstić information content (AvgIpc) is 3.04. The van der Waals surface area contributed by atoms with Crippen LogP contribution < -0.4 is 10.6 Å². The van der Waals surface area contributed by atoms with Gasteiger partial charge in [-0.1, -0.05) is 0 Å². The summed E-state index contributed by atoms with van der Waals surface area (Å²) in [7, 11) is 0. The van der Waals surface area contributed by atoms with Crippen molar-refractivity contribution in [2.45, 2.75) is 37.1 Å². The third-order valence-corrected chi connectivity index (χ3v) is 4.88. The first-order valence-electron chi connectivity index (χ1n) is 7.98. The number of halogens is 3. The van der Waals surface area contributed by atoms with Crippen molar-refractivity contribution in [3.05, 3.63) is 0 Å². The lowest BCUT2D eigenvalue weighted by atomic mass is 10.1. The zero-order chi connectivity index (χ0) is 13.9. The molecular formula is C14H31Cl3N4O2. The molecule has 2 atom stereocenters. The minimum absolute atomic E-state index is 0. The van der Waals surface area contributed by atoms with E-state index in [1.165, 1.54) is 12.8 Å². The van der Waals surface area contributed by atoms with E-state index in [4.69, 9.17) is 10.2 Å². The zero-order valence-electron chi connectivity index (χ0n) is 13.4. The van der Waals surface area contributed by atoms with Crippen LogP contribution in [-0.4, -0.2) is 96.7 Å². The van der Waals surface area contributed by atoms with Crippen LogP contribution in [0.4, 0.5) is 0 Å². The highest BCUT2D eigenvalue weighted by Gasteiger charge is 2.32. The lowest BCUT2D eigenvalue weighted by molar-refractivity contribution is -0.0200. The number of hydrogen-bond donors (Lipinski definition) is 4. The largest absolute Gasteiger partial charge is 0.390 e. The van der Waals surface area contributed by atoms with Crippen molar-refractivity contribution in [3.8, 4) is 0 Å². The number of hydrogen-bond acceptors (Lipinski definition) is 6. The summed E-state index contributed by atoms with van der Waals surface area (Å²) in [5, 5.41) is 24.7. The highest BCUT2D eigenvalue weighted by atomic mass is 35.5. The first-order valence-corrected chi connectivity index (χ1v) is 7.98. The molecule has 4 aliphatic rings. The van der Waals surface area contributed by atoms with E-state index in [0.717, 1.165) is 52.4 Å². The number of nitrogens with zero attached hydrogens (tertiary/aromatic N) is 2. The Kier molecular flexibility index (Phi) is 11.6. The predicted octanol–water partition coefficient (Wildman–Crippen LogP) is -0.685. The van der Waals surface area contributed by atoms with E-state index in [0.29, 0.717) is 12.1 Å². The fraction of sp³-hybridized carbons (Fsp3) is 1.00. The van der Waals surface area contributed by atoms with Gasteiger partial charge in [0.05, 0.1) is 12.2 Å². The van der Waals surface area contributed by atoms with Gasteiger partial charge in [-0.15, -0.1) is 37.2 Å². The van der Waals surface area contributed by atoms with Crippen molar-refractivity contribution >= 4 is 37.2 Å². The van der Waals surface area contributed by atoms with Crippen molar-refractivity contribution in [2.75, 3.05) is 52.4 Å². The maximum Gasteiger partial charge on any atom is 0.0794 e. The van der Waals surface area contributed by atoms with E-state index in [2.05, 4.69) is 20.4 Å². The molecule has 0 spiro atoms. The molecular weight excluding hydrogens is 363 g/mol. The highest BCUT2D eigenvalue weighted by molar-refractivity contribution is 5.86. The van der Waals surface area contributed by atoms with Crippen molar-refractivity contribution in [1.29, 1.82) is 0 Å². The Morgan fingerprint density at radius 1 is 0.652 bits per heavy atom. The molecule has 4 rings (SSSR count). The smallest absolute Gasteiger partial charge is 0.0794 e. The molecule has 4 aliphatic heterocycles. The molecule has 4 saturated heterocycles. The molecule has 4 heterocycles. The second-order valence-electron chi connectivity index (χ2n) is 6.51.